The van der Waals surface area contributed by atoms with Gasteiger partial charge in [-0.15, -0.1) is 0 Å². The molecule has 1 aliphatic rings. The van der Waals surface area contributed by atoms with Gasteiger partial charge in [-0.3, -0.25) is 4.98 Å². The van der Waals surface area contributed by atoms with E-state index >= 15 is 0 Å². The number of aryl methyl sites for hydroxylation is 1. The zero-order chi connectivity index (χ0) is 16.4. The molecule has 1 N–H and O–H groups in total. The third kappa shape index (κ3) is 2.71. The lowest BCUT2D eigenvalue weighted by Gasteiger charge is -2.22. The molecule has 4 rings (SSSR count). The molecule has 0 atom stereocenters. The standard InChI is InChI=1S/C21H22N2O/c1-24-20-13-7-2-8-15(20)14-22-21-16-9-3-5-11-18(16)23-19-12-6-4-10-17(19)21/h2-3,5,7-9,11,13H,4,6,10,12,14H2,1H3,(H,22,23). The Kier molecular flexibility index (Phi) is 4.08. The van der Waals surface area contributed by atoms with E-state index in [0.29, 0.717) is 0 Å². The molecule has 0 amide bonds. The molecule has 0 saturated heterocycles. The van der Waals surface area contributed by atoms with Gasteiger partial charge in [-0.25, -0.2) is 0 Å². The second-order valence-electron chi connectivity index (χ2n) is 6.30. The van der Waals surface area contributed by atoms with Gasteiger partial charge in [0, 0.05) is 28.9 Å². The fourth-order valence-electron chi connectivity index (χ4n) is 3.61. The number of anilines is 1. The van der Waals surface area contributed by atoms with Crippen LogP contribution in [0.25, 0.3) is 10.9 Å². The Morgan fingerprint density at radius 1 is 1.00 bits per heavy atom. The first-order chi connectivity index (χ1) is 11.9. The molecule has 0 bridgehead atoms. The fourth-order valence-corrected chi connectivity index (χ4v) is 3.61. The van der Waals surface area contributed by atoms with Crippen LogP contribution in [-0.4, -0.2) is 12.1 Å². The number of methoxy groups -OCH3 is 1. The smallest absolute Gasteiger partial charge is 0.123 e. The van der Waals surface area contributed by atoms with Crippen LogP contribution in [0.5, 0.6) is 5.75 Å². The molecule has 1 heterocycles. The molecule has 1 aromatic heterocycles. The first-order valence-corrected chi connectivity index (χ1v) is 8.63. The van der Waals surface area contributed by atoms with Crippen LogP contribution in [0.1, 0.15) is 29.7 Å². The molecular weight excluding hydrogens is 296 g/mol. The van der Waals surface area contributed by atoms with E-state index in [1.807, 2.05) is 12.1 Å². The number of benzene rings is 2. The number of nitrogens with one attached hydrogen (secondary N) is 1. The van der Waals surface area contributed by atoms with Crippen LogP contribution in [0, 0.1) is 0 Å². The van der Waals surface area contributed by atoms with Crippen molar-refractivity contribution < 1.29 is 4.74 Å². The molecule has 0 aliphatic heterocycles. The lowest BCUT2D eigenvalue weighted by molar-refractivity contribution is 0.410. The number of fused-ring (bicyclic) bond motifs is 2. The predicted octanol–water partition coefficient (Wildman–Crippen LogP) is 4.73. The molecule has 3 nitrogen and oxygen atoms in total. The third-order valence-electron chi connectivity index (χ3n) is 4.82. The topological polar surface area (TPSA) is 34.1 Å². The monoisotopic (exact) mass is 318 g/mol. The van der Waals surface area contributed by atoms with Crippen molar-refractivity contribution in [2.24, 2.45) is 0 Å². The Balaban J connectivity index is 1.75. The summed E-state index contributed by atoms with van der Waals surface area (Å²) in [5, 5.41) is 4.90. The Hall–Kier alpha value is -2.55. The zero-order valence-corrected chi connectivity index (χ0v) is 14.0. The zero-order valence-electron chi connectivity index (χ0n) is 14.0. The third-order valence-corrected chi connectivity index (χ3v) is 4.82. The molecule has 0 unspecified atom stereocenters. The van der Waals surface area contributed by atoms with Crippen LogP contribution in [0.3, 0.4) is 0 Å². The summed E-state index contributed by atoms with van der Waals surface area (Å²) in [4.78, 5) is 4.90. The second-order valence-corrected chi connectivity index (χ2v) is 6.30. The molecule has 24 heavy (non-hydrogen) atoms. The van der Waals surface area contributed by atoms with Crippen molar-refractivity contribution in [3.8, 4) is 5.75 Å². The Bertz CT molecular complexity index is 873. The number of nitrogens with zero attached hydrogens (tertiary/aromatic N) is 1. The van der Waals surface area contributed by atoms with E-state index in [1.165, 1.54) is 40.7 Å². The van der Waals surface area contributed by atoms with E-state index in [-0.39, 0.29) is 0 Å². The summed E-state index contributed by atoms with van der Waals surface area (Å²) in [6.45, 7) is 0.754. The van der Waals surface area contributed by atoms with E-state index in [2.05, 4.69) is 41.7 Å². The molecule has 1 aliphatic carbocycles. The summed E-state index contributed by atoms with van der Waals surface area (Å²) in [7, 11) is 1.72. The van der Waals surface area contributed by atoms with E-state index in [0.717, 1.165) is 30.7 Å². The van der Waals surface area contributed by atoms with Crippen LogP contribution in [0.15, 0.2) is 48.5 Å². The van der Waals surface area contributed by atoms with E-state index < -0.39 is 0 Å². The summed E-state index contributed by atoms with van der Waals surface area (Å²) >= 11 is 0. The lowest BCUT2D eigenvalue weighted by Crippen LogP contribution is -2.11. The van der Waals surface area contributed by atoms with Gasteiger partial charge in [-0.2, -0.15) is 0 Å². The highest BCUT2D eigenvalue weighted by molar-refractivity contribution is 5.93. The Labute approximate surface area is 142 Å². The highest BCUT2D eigenvalue weighted by Crippen LogP contribution is 2.34. The SMILES string of the molecule is COc1ccccc1CNc1c2c(nc3ccccc13)CCCC2. The Morgan fingerprint density at radius 3 is 2.71 bits per heavy atom. The maximum absolute atomic E-state index is 5.48. The van der Waals surface area contributed by atoms with Crippen molar-refractivity contribution in [1.29, 1.82) is 0 Å². The highest BCUT2D eigenvalue weighted by Gasteiger charge is 2.18. The highest BCUT2D eigenvalue weighted by atomic mass is 16.5. The van der Waals surface area contributed by atoms with Crippen LogP contribution in [0.4, 0.5) is 5.69 Å². The first-order valence-electron chi connectivity index (χ1n) is 8.63. The summed E-state index contributed by atoms with van der Waals surface area (Å²) in [5.41, 5.74) is 6.17. The normalized spacial score (nSPS) is 13.5. The van der Waals surface area contributed by atoms with Gasteiger partial charge in [-0.1, -0.05) is 36.4 Å². The minimum atomic E-state index is 0.754. The van der Waals surface area contributed by atoms with Gasteiger partial charge >= 0.3 is 0 Å². The molecule has 3 aromatic rings. The summed E-state index contributed by atoms with van der Waals surface area (Å²) in [5.74, 6) is 0.928. The molecule has 0 fully saturated rings. The molecule has 2 aromatic carbocycles. The molecule has 3 heteroatoms. The molecule has 122 valence electrons. The summed E-state index contributed by atoms with van der Waals surface area (Å²) in [6.07, 6.45) is 4.69. The fraction of sp³-hybridized carbons (Fsp3) is 0.286. The van der Waals surface area contributed by atoms with Gasteiger partial charge in [0.1, 0.15) is 5.75 Å². The van der Waals surface area contributed by atoms with Crippen molar-refractivity contribution in [1.82, 2.24) is 4.98 Å². The average Bonchev–Trinajstić information content (AvgIpc) is 2.65. The van der Waals surface area contributed by atoms with E-state index in [4.69, 9.17) is 9.72 Å². The quantitative estimate of drug-likeness (QED) is 0.755. The minimum absolute atomic E-state index is 0.754. The second kappa shape index (κ2) is 6.52. The maximum atomic E-state index is 5.48. The predicted molar refractivity (Wildman–Crippen MR) is 98.7 cm³/mol. The minimum Gasteiger partial charge on any atom is -0.496 e. The number of hydrogen-bond donors (Lipinski definition) is 1. The van der Waals surface area contributed by atoms with Gasteiger partial charge in [0.2, 0.25) is 0 Å². The number of pyridine rings is 1. The van der Waals surface area contributed by atoms with Crippen LogP contribution >= 0.6 is 0 Å². The maximum Gasteiger partial charge on any atom is 0.123 e. The average molecular weight is 318 g/mol. The van der Waals surface area contributed by atoms with Crippen LogP contribution in [-0.2, 0) is 19.4 Å². The number of rotatable bonds is 4. The number of aromatic nitrogens is 1. The molecule has 0 radical (unpaired) electrons. The van der Waals surface area contributed by atoms with Gasteiger partial charge in [0.25, 0.3) is 0 Å². The van der Waals surface area contributed by atoms with Crippen LogP contribution in [0.2, 0.25) is 0 Å². The number of hydrogen-bond acceptors (Lipinski definition) is 3. The van der Waals surface area contributed by atoms with Gasteiger partial charge in [0.05, 0.1) is 12.6 Å². The van der Waals surface area contributed by atoms with Crippen molar-refractivity contribution in [3.63, 3.8) is 0 Å². The largest absolute Gasteiger partial charge is 0.496 e. The lowest BCUT2D eigenvalue weighted by atomic mass is 9.92. The van der Waals surface area contributed by atoms with Crippen molar-refractivity contribution >= 4 is 16.6 Å². The molecule has 0 saturated carbocycles. The van der Waals surface area contributed by atoms with Gasteiger partial charge in [0.15, 0.2) is 0 Å². The first kappa shape index (κ1) is 15.0. The van der Waals surface area contributed by atoms with Crippen molar-refractivity contribution in [3.05, 3.63) is 65.4 Å². The van der Waals surface area contributed by atoms with Gasteiger partial charge < -0.3 is 10.1 Å². The summed E-state index contributed by atoms with van der Waals surface area (Å²) in [6, 6.07) is 16.6. The van der Waals surface area contributed by atoms with Crippen LogP contribution < -0.4 is 10.1 Å². The number of ether oxygens (including phenoxy) is 1. The molecular formula is C21H22N2O. The van der Waals surface area contributed by atoms with Gasteiger partial charge in [-0.05, 0) is 43.4 Å². The van der Waals surface area contributed by atoms with E-state index in [9.17, 15) is 0 Å². The van der Waals surface area contributed by atoms with E-state index in [1.54, 1.807) is 7.11 Å². The van der Waals surface area contributed by atoms with Crippen molar-refractivity contribution in [2.75, 3.05) is 12.4 Å². The number of para-hydroxylation sites is 2. The molecule has 0 spiro atoms. The Morgan fingerprint density at radius 2 is 1.79 bits per heavy atom. The summed E-state index contributed by atoms with van der Waals surface area (Å²) < 4.78 is 5.48. The van der Waals surface area contributed by atoms with Crippen molar-refractivity contribution in [2.45, 2.75) is 32.2 Å².